The highest BCUT2D eigenvalue weighted by atomic mass is 32.2. The Morgan fingerprint density at radius 1 is 1.15 bits per heavy atom. The molecule has 0 radical (unpaired) electrons. The van der Waals surface area contributed by atoms with Gasteiger partial charge in [-0.25, -0.2) is 8.42 Å². The number of sulfone groups is 1. The number of halogens is 3. The number of alkyl halides is 3. The van der Waals surface area contributed by atoms with Crippen molar-refractivity contribution in [2.45, 2.75) is 81.1 Å². The summed E-state index contributed by atoms with van der Waals surface area (Å²) in [5, 5.41) is -0.659. The third-order valence-corrected chi connectivity index (χ3v) is 12.9. The van der Waals surface area contributed by atoms with E-state index in [1.807, 2.05) is 0 Å². The van der Waals surface area contributed by atoms with E-state index >= 15 is 0 Å². The predicted molar refractivity (Wildman–Crippen MR) is 103 cm³/mol. The van der Waals surface area contributed by atoms with Crippen molar-refractivity contribution in [3.05, 3.63) is 29.8 Å². The van der Waals surface area contributed by atoms with Crippen molar-refractivity contribution in [3.63, 3.8) is 0 Å². The molecule has 0 spiro atoms. The minimum Gasteiger partial charge on any atom is -0.414 e. The average molecular weight is 423 g/mol. The number of hydrogen-bond donors (Lipinski definition) is 0. The quantitative estimate of drug-likeness (QED) is 0.574. The van der Waals surface area contributed by atoms with Gasteiger partial charge in [-0.05, 0) is 62.0 Å². The molecule has 3 nitrogen and oxygen atoms in total. The minimum absolute atomic E-state index is 0.0371. The van der Waals surface area contributed by atoms with Crippen molar-refractivity contribution < 1.29 is 26.0 Å². The summed E-state index contributed by atoms with van der Waals surface area (Å²) >= 11 is 0. The van der Waals surface area contributed by atoms with Crippen LogP contribution >= 0.6 is 0 Å². The molecule has 2 rings (SSSR count). The van der Waals surface area contributed by atoms with Crippen molar-refractivity contribution >= 4 is 18.2 Å². The predicted octanol–water partition coefficient (Wildman–Crippen LogP) is 5.67. The third kappa shape index (κ3) is 4.77. The first-order valence-electron chi connectivity index (χ1n) is 9.14. The maximum absolute atomic E-state index is 12.9. The van der Waals surface area contributed by atoms with Crippen LogP contribution in [0.4, 0.5) is 13.2 Å². The molecule has 1 aliphatic rings. The molecule has 1 aromatic carbocycles. The lowest BCUT2D eigenvalue weighted by molar-refractivity contribution is -0.137. The Morgan fingerprint density at radius 3 is 2.19 bits per heavy atom. The number of hydrogen-bond acceptors (Lipinski definition) is 3. The summed E-state index contributed by atoms with van der Waals surface area (Å²) in [7, 11) is -5.74. The Morgan fingerprint density at radius 2 is 1.70 bits per heavy atom. The van der Waals surface area contributed by atoms with Gasteiger partial charge in [-0.15, -0.1) is 0 Å². The first-order chi connectivity index (χ1) is 12.1. The van der Waals surface area contributed by atoms with Gasteiger partial charge in [-0.1, -0.05) is 26.8 Å². The molecule has 0 bridgehead atoms. The van der Waals surface area contributed by atoms with Crippen molar-refractivity contribution in [1.29, 1.82) is 0 Å². The molecule has 1 atom stereocenters. The summed E-state index contributed by atoms with van der Waals surface area (Å²) in [6, 6.07) is 4.00. The molecular weight excluding hydrogens is 393 g/mol. The molecule has 27 heavy (non-hydrogen) atoms. The van der Waals surface area contributed by atoms with Gasteiger partial charge in [0.05, 0.1) is 15.7 Å². The van der Waals surface area contributed by atoms with Crippen LogP contribution in [0.25, 0.3) is 0 Å². The van der Waals surface area contributed by atoms with E-state index in [-0.39, 0.29) is 22.0 Å². The zero-order valence-corrected chi connectivity index (χ0v) is 18.5. The van der Waals surface area contributed by atoms with Gasteiger partial charge >= 0.3 is 6.18 Å². The lowest BCUT2D eigenvalue weighted by Gasteiger charge is -2.46. The van der Waals surface area contributed by atoms with Gasteiger partial charge in [0.1, 0.15) is 0 Å². The van der Waals surface area contributed by atoms with Gasteiger partial charge in [0.25, 0.3) is 0 Å². The molecule has 0 aliphatic heterocycles. The summed E-state index contributed by atoms with van der Waals surface area (Å²) in [4.78, 5) is -0.265. The van der Waals surface area contributed by atoms with Gasteiger partial charge in [-0.2, -0.15) is 13.2 Å². The molecule has 0 saturated heterocycles. The Hall–Kier alpha value is -0.863. The van der Waals surface area contributed by atoms with E-state index in [2.05, 4.69) is 33.9 Å². The Balaban J connectivity index is 2.08. The summed E-state index contributed by atoms with van der Waals surface area (Å²) in [6.45, 7) is 12.3. The second-order valence-electron chi connectivity index (χ2n) is 9.01. The van der Waals surface area contributed by atoms with Crippen LogP contribution in [-0.4, -0.2) is 28.1 Å². The van der Waals surface area contributed by atoms with Crippen molar-refractivity contribution in [1.82, 2.24) is 0 Å². The molecule has 8 heteroatoms. The fraction of sp³-hybridized carbons (Fsp3) is 0.684. The molecule has 0 amide bonds. The van der Waals surface area contributed by atoms with Gasteiger partial charge in [0.2, 0.25) is 0 Å². The van der Waals surface area contributed by atoms with E-state index in [1.54, 1.807) is 6.92 Å². The average Bonchev–Trinajstić information content (AvgIpc) is 2.48. The first kappa shape index (κ1) is 22.4. The van der Waals surface area contributed by atoms with E-state index in [9.17, 15) is 21.6 Å². The zero-order chi connectivity index (χ0) is 20.8. The van der Waals surface area contributed by atoms with Crippen molar-refractivity contribution in [3.8, 4) is 0 Å². The van der Waals surface area contributed by atoms with Crippen LogP contribution in [0.1, 0.15) is 46.1 Å². The second-order valence-corrected chi connectivity index (χ2v) is 16.1. The normalized spacial score (nSPS) is 23.0. The Kier molecular flexibility index (Phi) is 5.97. The second kappa shape index (κ2) is 7.19. The number of benzene rings is 1. The van der Waals surface area contributed by atoms with Crippen LogP contribution < -0.4 is 0 Å². The van der Waals surface area contributed by atoms with E-state index in [0.29, 0.717) is 12.8 Å². The fourth-order valence-corrected chi connectivity index (χ4v) is 6.09. The largest absolute Gasteiger partial charge is 0.416 e. The Bertz CT molecular complexity index is 776. The van der Waals surface area contributed by atoms with E-state index in [1.165, 1.54) is 6.07 Å². The zero-order valence-electron chi connectivity index (χ0n) is 16.7. The standard InChI is InChI=1S/C19H29F3O3SSi/c1-13(14-10-16(11-14)25-27(5,6)18(2,3)4)26(23,24)17-9-7-8-15(12-17)19(20,21)22/h7-9,12-14,16H,10-11H2,1-6H3/t13?,14-,16+. The maximum Gasteiger partial charge on any atom is 0.416 e. The number of rotatable bonds is 5. The minimum atomic E-state index is -4.56. The molecule has 154 valence electrons. The van der Waals surface area contributed by atoms with Crippen LogP contribution in [0.5, 0.6) is 0 Å². The fourth-order valence-electron chi connectivity index (χ4n) is 3.00. The lowest BCUT2D eigenvalue weighted by atomic mass is 9.80. The monoisotopic (exact) mass is 422 g/mol. The van der Waals surface area contributed by atoms with Gasteiger partial charge in [0.15, 0.2) is 18.2 Å². The van der Waals surface area contributed by atoms with Crippen LogP contribution in [0.2, 0.25) is 18.1 Å². The third-order valence-electron chi connectivity index (χ3n) is 6.04. The Labute approximate surface area is 161 Å². The molecular formula is C19H29F3O3SSi. The summed E-state index contributed by atoms with van der Waals surface area (Å²) in [6.07, 6.45) is -3.26. The molecule has 1 saturated carbocycles. The van der Waals surface area contributed by atoms with Crippen LogP contribution in [0.15, 0.2) is 29.2 Å². The smallest absolute Gasteiger partial charge is 0.414 e. The van der Waals surface area contributed by atoms with Crippen molar-refractivity contribution in [2.24, 2.45) is 5.92 Å². The molecule has 1 unspecified atom stereocenters. The van der Waals surface area contributed by atoms with Crippen LogP contribution in [0, 0.1) is 5.92 Å². The lowest BCUT2D eigenvalue weighted by Crippen LogP contribution is -2.49. The molecule has 0 N–H and O–H groups in total. The highest BCUT2D eigenvalue weighted by Crippen LogP contribution is 2.44. The van der Waals surface area contributed by atoms with Crippen LogP contribution in [0.3, 0.4) is 0 Å². The van der Waals surface area contributed by atoms with Gasteiger partial charge < -0.3 is 4.43 Å². The summed E-state index contributed by atoms with van der Waals surface area (Å²) in [5.74, 6) is -0.0979. The highest BCUT2D eigenvalue weighted by Gasteiger charge is 2.45. The molecule has 1 aromatic rings. The van der Waals surface area contributed by atoms with E-state index in [4.69, 9.17) is 4.43 Å². The molecule has 0 heterocycles. The first-order valence-corrected chi connectivity index (χ1v) is 13.6. The topological polar surface area (TPSA) is 43.4 Å². The van der Waals surface area contributed by atoms with E-state index in [0.717, 1.165) is 18.2 Å². The van der Waals surface area contributed by atoms with Crippen LogP contribution in [-0.2, 0) is 20.4 Å². The highest BCUT2D eigenvalue weighted by molar-refractivity contribution is 7.92. The summed E-state index contributed by atoms with van der Waals surface area (Å²) < 4.78 is 70.6. The summed E-state index contributed by atoms with van der Waals surface area (Å²) in [5.41, 5.74) is -0.941. The van der Waals surface area contributed by atoms with Gasteiger partial charge in [-0.3, -0.25) is 0 Å². The van der Waals surface area contributed by atoms with Crippen molar-refractivity contribution in [2.75, 3.05) is 0 Å². The molecule has 1 fully saturated rings. The SMILES string of the molecule is CC([C@H]1C[C@@H](O[Si](C)(C)C(C)(C)C)C1)S(=O)(=O)c1cccc(C(F)(F)F)c1. The molecule has 0 aromatic heterocycles. The van der Waals surface area contributed by atoms with Gasteiger partial charge in [0, 0.05) is 6.10 Å². The van der Waals surface area contributed by atoms with E-state index < -0.39 is 35.1 Å². The maximum atomic E-state index is 12.9. The molecule has 1 aliphatic carbocycles.